The molecule has 136 valence electrons. The van der Waals surface area contributed by atoms with Gasteiger partial charge in [-0.3, -0.25) is 5.32 Å². The Labute approximate surface area is 159 Å². The Hall–Kier alpha value is -0.710. The van der Waals surface area contributed by atoms with Crippen molar-refractivity contribution >= 4 is 11.8 Å². The van der Waals surface area contributed by atoms with Crippen molar-refractivity contribution in [3.63, 3.8) is 0 Å². The zero-order valence-electron chi connectivity index (χ0n) is 18.1. The van der Waals surface area contributed by atoms with Crippen LogP contribution in [-0.2, 0) is 4.74 Å². The molecule has 2 saturated heterocycles. The third-order valence-electron chi connectivity index (χ3n) is 6.84. The Kier molecular flexibility index (Phi) is 3.32. The number of hydrogen-bond donors (Lipinski definition) is 2. The Morgan fingerprint density at radius 1 is 1.28 bits per heavy atom. The van der Waals surface area contributed by atoms with Crippen molar-refractivity contribution in [3.8, 4) is 0 Å². The first kappa shape index (κ1) is 13.5. The summed E-state index contributed by atoms with van der Waals surface area (Å²) in [6.07, 6.45) is 7.35. The van der Waals surface area contributed by atoms with E-state index in [-0.39, 0.29) is 6.23 Å². The molecule has 25 heavy (non-hydrogen) atoms. The summed E-state index contributed by atoms with van der Waals surface area (Å²) in [5.41, 5.74) is 4.39. The van der Waals surface area contributed by atoms with E-state index in [2.05, 4.69) is 30.6 Å². The number of fused-ring (bicyclic) bond motifs is 4. The summed E-state index contributed by atoms with van der Waals surface area (Å²) in [6, 6.07) is -0.117. The van der Waals surface area contributed by atoms with Gasteiger partial charge in [-0.15, -0.1) is 11.8 Å². The van der Waals surface area contributed by atoms with Crippen molar-refractivity contribution in [1.82, 2.24) is 10.6 Å². The highest BCUT2D eigenvalue weighted by molar-refractivity contribution is 8.04. The maximum Gasteiger partial charge on any atom is 0.153 e. The quantitative estimate of drug-likeness (QED) is 0.737. The van der Waals surface area contributed by atoms with Crippen LogP contribution in [0.1, 0.15) is 56.9 Å². The van der Waals surface area contributed by atoms with Gasteiger partial charge >= 0.3 is 0 Å². The maximum atomic E-state index is 7.78. The summed E-state index contributed by atoms with van der Waals surface area (Å²) in [5.74, 6) is 2.05. The first-order valence-corrected chi connectivity index (χ1v) is 10.7. The molecular weight excluding hydrogens is 328 g/mol. The van der Waals surface area contributed by atoms with E-state index < -0.39 is 12.9 Å². The van der Waals surface area contributed by atoms with Gasteiger partial charge in [0.25, 0.3) is 0 Å². The summed E-state index contributed by atoms with van der Waals surface area (Å²) in [6.45, 7) is 3.44. The second-order valence-corrected chi connectivity index (χ2v) is 9.51. The van der Waals surface area contributed by atoms with Crippen molar-refractivity contribution in [2.75, 3.05) is 6.54 Å². The normalized spacial score (nSPS) is 45.7. The number of allylic oxidation sites excluding steroid dienone is 3. The monoisotopic (exact) mass is 361 g/mol. The molecule has 2 fully saturated rings. The van der Waals surface area contributed by atoms with E-state index in [1.54, 1.807) is 0 Å². The van der Waals surface area contributed by atoms with Gasteiger partial charge in [0.2, 0.25) is 0 Å². The molecule has 0 radical (unpaired) electrons. The fraction of sp³-hybridized carbons (Fsp3) is 0.714. The van der Waals surface area contributed by atoms with E-state index in [1.165, 1.54) is 40.2 Å². The number of hydrogen-bond acceptors (Lipinski definition) is 4. The van der Waals surface area contributed by atoms with Crippen LogP contribution in [0.2, 0.25) is 0 Å². The van der Waals surface area contributed by atoms with Gasteiger partial charge in [-0.2, -0.15) is 0 Å². The van der Waals surface area contributed by atoms with Crippen LogP contribution in [0.3, 0.4) is 0 Å². The molecule has 4 aliphatic heterocycles. The molecule has 6 atom stereocenters. The lowest BCUT2D eigenvalue weighted by atomic mass is 9.75. The standard InChI is InChI=1S/C21H30N2OS/c1-11-7-8-16-15-5-4-6-17(19(15)24-21(16)23-11)18-20-14(9-10-22-18)12(2)13(3)25-20/h9,11,15-16,18,20-23H,4-8,10H2,1-3H3/t11-,15+,16?,18?,20+,21?/m1/s1/i1D3. The molecule has 5 aliphatic rings. The van der Waals surface area contributed by atoms with E-state index in [9.17, 15) is 0 Å². The van der Waals surface area contributed by atoms with Gasteiger partial charge in [-0.25, -0.2) is 0 Å². The van der Waals surface area contributed by atoms with Gasteiger partial charge in [-0.05, 0) is 74.4 Å². The van der Waals surface area contributed by atoms with Gasteiger partial charge < -0.3 is 10.1 Å². The van der Waals surface area contributed by atoms with Gasteiger partial charge in [0, 0.05) is 34.6 Å². The fourth-order valence-corrected chi connectivity index (χ4v) is 6.93. The molecule has 0 spiro atoms. The largest absolute Gasteiger partial charge is 0.479 e. The van der Waals surface area contributed by atoms with E-state index in [0.717, 1.165) is 25.8 Å². The lowest BCUT2D eigenvalue weighted by Crippen LogP contribution is -2.45. The molecule has 4 heterocycles. The zero-order valence-corrected chi connectivity index (χ0v) is 15.9. The molecule has 3 unspecified atom stereocenters. The molecule has 0 aromatic heterocycles. The van der Waals surface area contributed by atoms with Crippen LogP contribution in [0.5, 0.6) is 0 Å². The van der Waals surface area contributed by atoms with Crippen LogP contribution in [0, 0.1) is 11.8 Å². The van der Waals surface area contributed by atoms with Crippen molar-refractivity contribution in [1.29, 1.82) is 0 Å². The number of rotatable bonds is 1. The highest BCUT2D eigenvalue weighted by Gasteiger charge is 2.48. The lowest BCUT2D eigenvalue weighted by Gasteiger charge is -2.35. The molecule has 0 aromatic carbocycles. The number of ether oxygens (including phenoxy) is 1. The first-order valence-electron chi connectivity index (χ1n) is 11.3. The van der Waals surface area contributed by atoms with Crippen LogP contribution in [0.25, 0.3) is 0 Å². The minimum atomic E-state index is -1.95. The Morgan fingerprint density at radius 3 is 3.08 bits per heavy atom. The molecule has 5 rings (SSSR count). The highest BCUT2D eigenvalue weighted by atomic mass is 32.2. The molecule has 0 amide bonds. The molecule has 3 nitrogen and oxygen atoms in total. The number of thioether (sulfide) groups is 1. The third-order valence-corrected chi connectivity index (χ3v) is 8.28. The summed E-state index contributed by atoms with van der Waals surface area (Å²) in [4.78, 5) is 1.44. The molecule has 4 heteroatoms. The summed E-state index contributed by atoms with van der Waals surface area (Å²) >= 11 is 1.99. The topological polar surface area (TPSA) is 33.3 Å². The average Bonchev–Trinajstić information content (AvgIpc) is 3.18. The van der Waals surface area contributed by atoms with Crippen molar-refractivity contribution in [2.45, 2.75) is 76.4 Å². The third kappa shape index (κ3) is 2.55. The van der Waals surface area contributed by atoms with Crippen molar-refractivity contribution in [3.05, 3.63) is 33.5 Å². The van der Waals surface area contributed by atoms with Gasteiger partial charge in [-0.1, -0.05) is 6.08 Å². The van der Waals surface area contributed by atoms with Gasteiger partial charge in [0.1, 0.15) is 5.76 Å². The minimum absolute atomic E-state index is 0.135. The van der Waals surface area contributed by atoms with Crippen LogP contribution in [0.15, 0.2) is 33.5 Å². The van der Waals surface area contributed by atoms with Crippen LogP contribution in [0.4, 0.5) is 0 Å². The molecular formula is C21H30N2OS. The van der Waals surface area contributed by atoms with Crippen LogP contribution < -0.4 is 10.6 Å². The number of nitrogens with one attached hydrogen (secondary N) is 2. The van der Waals surface area contributed by atoms with Gasteiger partial charge in [0.15, 0.2) is 6.23 Å². The van der Waals surface area contributed by atoms with E-state index in [1.807, 2.05) is 11.8 Å². The molecule has 0 saturated carbocycles. The van der Waals surface area contributed by atoms with Crippen LogP contribution >= 0.6 is 11.8 Å². The maximum absolute atomic E-state index is 7.78. The van der Waals surface area contributed by atoms with E-state index in [4.69, 9.17) is 8.85 Å². The van der Waals surface area contributed by atoms with Crippen LogP contribution in [-0.4, -0.2) is 30.1 Å². The van der Waals surface area contributed by atoms with Crippen molar-refractivity contribution < 1.29 is 8.85 Å². The molecule has 0 aromatic rings. The molecule has 0 bridgehead atoms. The predicted molar refractivity (Wildman–Crippen MR) is 104 cm³/mol. The SMILES string of the molecule is [2H]C([2H])([2H])[C@@H]1CCC2C(N1)OC1=C(C3NCC=C4C(C)=C(C)S[C@@H]43)CCC[C@H]12. The Balaban J connectivity index is 1.43. The van der Waals surface area contributed by atoms with E-state index >= 15 is 0 Å². The molecule has 1 aliphatic carbocycles. The second-order valence-electron chi connectivity index (χ2n) is 8.15. The highest BCUT2D eigenvalue weighted by Crippen LogP contribution is 2.51. The average molecular weight is 362 g/mol. The summed E-state index contributed by atoms with van der Waals surface area (Å²) in [5, 5.41) is 7.54. The summed E-state index contributed by atoms with van der Waals surface area (Å²) in [7, 11) is 0. The smallest absolute Gasteiger partial charge is 0.153 e. The second kappa shape index (κ2) is 6.17. The predicted octanol–water partition coefficient (Wildman–Crippen LogP) is 4.09. The van der Waals surface area contributed by atoms with E-state index in [0.29, 0.717) is 23.1 Å². The minimum Gasteiger partial charge on any atom is -0.479 e. The lowest BCUT2D eigenvalue weighted by molar-refractivity contribution is 0.0575. The molecule has 2 N–H and O–H groups in total. The Bertz CT molecular complexity index is 772. The zero-order chi connectivity index (χ0) is 19.6. The van der Waals surface area contributed by atoms with Crippen molar-refractivity contribution in [2.24, 2.45) is 11.8 Å². The fourth-order valence-electron chi connectivity index (χ4n) is 5.46. The summed E-state index contributed by atoms with van der Waals surface area (Å²) < 4.78 is 29.8. The Morgan fingerprint density at radius 2 is 2.20 bits per heavy atom. The number of piperidine rings is 1. The first-order chi connectivity index (χ1) is 13.3. The van der Waals surface area contributed by atoms with Gasteiger partial charge in [0.05, 0.1) is 5.25 Å².